The zero-order valence-electron chi connectivity index (χ0n) is 18.2. The third-order valence-corrected chi connectivity index (χ3v) is 4.58. The van der Waals surface area contributed by atoms with Gasteiger partial charge in [-0.1, -0.05) is 12.0 Å². The molecule has 2 aromatic rings. The molecular formula is C23H21ClF3N3O3Os. The number of nitrogens with one attached hydrogen (secondary N) is 1. The maximum Gasteiger partial charge on any atom is 2.00 e. The van der Waals surface area contributed by atoms with Gasteiger partial charge < -0.3 is 37.6 Å². The monoisotopic (exact) mass is 671 g/mol. The number of halogens is 4. The molecule has 2 amide bonds. The number of hydrogen-bond acceptors (Lipinski definition) is 3. The molecule has 0 bridgehead atoms. The Morgan fingerprint density at radius 3 is 2.59 bits per heavy atom. The van der Waals surface area contributed by atoms with Crippen LogP contribution < -0.4 is 10.9 Å². The molecule has 0 spiro atoms. The van der Waals surface area contributed by atoms with Gasteiger partial charge in [0.05, 0.1) is 18.1 Å². The summed E-state index contributed by atoms with van der Waals surface area (Å²) >= 11 is 5.81. The first-order chi connectivity index (χ1) is 15.6. The molecule has 1 N–H and O–H groups in total. The Bertz CT molecular complexity index is 1130. The normalized spacial score (nSPS) is 11.0. The van der Waals surface area contributed by atoms with Gasteiger partial charge in [-0.3, -0.25) is 9.59 Å². The van der Waals surface area contributed by atoms with Crippen LogP contribution in [0, 0.1) is 35.9 Å². The van der Waals surface area contributed by atoms with Gasteiger partial charge in [-0.15, -0.1) is 11.8 Å². The van der Waals surface area contributed by atoms with Crippen molar-refractivity contribution in [1.29, 1.82) is 0 Å². The van der Waals surface area contributed by atoms with E-state index in [-0.39, 0.29) is 37.8 Å². The fourth-order valence-corrected chi connectivity index (χ4v) is 2.85. The third-order valence-electron chi connectivity index (χ3n) is 4.27. The number of carbonyl (C=O) groups excluding carboxylic acids is 2. The average molecular weight is 670 g/mol. The van der Waals surface area contributed by atoms with Crippen LogP contribution in [0.5, 0.6) is 0 Å². The summed E-state index contributed by atoms with van der Waals surface area (Å²) in [6, 6.07) is 7.49. The summed E-state index contributed by atoms with van der Waals surface area (Å²) in [7, 11) is 3.28. The van der Waals surface area contributed by atoms with E-state index >= 15 is 0 Å². The van der Waals surface area contributed by atoms with Gasteiger partial charge in [0.15, 0.2) is 5.82 Å². The van der Waals surface area contributed by atoms with Crippen LogP contribution in [0.3, 0.4) is 0 Å². The van der Waals surface area contributed by atoms with E-state index in [2.05, 4.69) is 17.2 Å². The topological polar surface area (TPSA) is 71.4 Å². The molecule has 1 aromatic heterocycles. The van der Waals surface area contributed by atoms with Gasteiger partial charge in [-0.2, -0.15) is 6.42 Å². The molecule has 182 valence electrons. The van der Waals surface area contributed by atoms with Crippen molar-refractivity contribution >= 4 is 29.1 Å². The molecule has 0 saturated carbocycles. The predicted octanol–water partition coefficient (Wildman–Crippen LogP) is 3.55. The molecule has 0 aliphatic carbocycles. The van der Waals surface area contributed by atoms with Crippen LogP contribution in [-0.4, -0.2) is 41.8 Å². The first-order valence-corrected chi connectivity index (χ1v) is 10.1. The second-order valence-electron chi connectivity index (χ2n) is 7.14. The third kappa shape index (κ3) is 8.89. The number of nitrogens with zero attached hydrogens (tertiary/aromatic N) is 2. The first kappa shape index (κ1) is 29.3. The zero-order valence-corrected chi connectivity index (χ0v) is 21.5. The van der Waals surface area contributed by atoms with Crippen molar-refractivity contribution in [3.8, 4) is 11.8 Å². The number of pyridine rings is 1. The molecule has 0 radical (unpaired) electrons. The van der Waals surface area contributed by atoms with Crippen molar-refractivity contribution in [2.24, 2.45) is 5.92 Å². The Hall–Kier alpha value is -2.74. The summed E-state index contributed by atoms with van der Waals surface area (Å²) in [5.41, 5.74) is -0.286. The minimum atomic E-state index is -2.86. The maximum atomic E-state index is 13.7. The van der Waals surface area contributed by atoms with Crippen LogP contribution >= 0.6 is 11.6 Å². The summed E-state index contributed by atoms with van der Waals surface area (Å²) in [6.07, 6.45) is -0.599. The Labute approximate surface area is 213 Å². The van der Waals surface area contributed by atoms with E-state index in [9.17, 15) is 27.6 Å². The summed E-state index contributed by atoms with van der Waals surface area (Å²) < 4.78 is 39.3. The average Bonchev–Trinajstić information content (AvgIpc) is 2.76. The van der Waals surface area contributed by atoms with E-state index in [1.807, 2.05) is 0 Å². The van der Waals surface area contributed by atoms with Gasteiger partial charge in [0.2, 0.25) is 0 Å². The molecule has 11 heteroatoms. The molecular weight excluding hydrogens is 649 g/mol. The van der Waals surface area contributed by atoms with Crippen LogP contribution in [0.4, 0.5) is 18.9 Å². The molecule has 0 aliphatic heterocycles. The number of hydrogen-bond donors (Lipinski definition) is 1. The van der Waals surface area contributed by atoms with E-state index in [0.717, 1.165) is 12.3 Å². The van der Waals surface area contributed by atoms with Crippen molar-refractivity contribution in [2.75, 3.05) is 19.4 Å². The second kappa shape index (κ2) is 13.8. The van der Waals surface area contributed by atoms with E-state index in [4.69, 9.17) is 11.6 Å². The van der Waals surface area contributed by atoms with Gasteiger partial charge in [-0.05, 0) is 18.2 Å². The maximum absolute atomic E-state index is 13.7. The minimum absolute atomic E-state index is 0. The van der Waals surface area contributed by atoms with Crippen molar-refractivity contribution in [3.05, 3.63) is 76.1 Å². The Kier molecular flexibility index (Phi) is 11.9. The standard InChI is InChI=1S/C23H21ClF3N3O3.Os/c1-29(2)22(32)17-5-3-4-15(10-17)6-7-16(12-24)8-9-21(31)28-18-11-19(25)23(33)30(13-18)14-20(26)27;/h3-5,9-13,16,20H,8,14H2,1-2H3,(H,28,31);/q-2;+2. The van der Waals surface area contributed by atoms with E-state index < -0.39 is 36.2 Å². The molecule has 0 fully saturated rings. The molecule has 0 saturated heterocycles. The van der Waals surface area contributed by atoms with Gasteiger partial charge in [0, 0.05) is 37.5 Å². The van der Waals surface area contributed by atoms with E-state index in [0.29, 0.717) is 15.7 Å². The summed E-state index contributed by atoms with van der Waals surface area (Å²) in [6.45, 7) is -0.997. The number of carbonyl (C=O) groups is 2. The Morgan fingerprint density at radius 2 is 1.97 bits per heavy atom. The molecule has 1 unspecified atom stereocenters. The van der Waals surface area contributed by atoms with Gasteiger partial charge in [-0.25, -0.2) is 19.1 Å². The zero-order chi connectivity index (χ0) is 24.5. The first-order valence-electron chi connectivity index (χ1n) is 9.69. The number of rotatable bonds is 8. The van der Waals surface area contributed by atoms with Crippen LogP contribution in [-0.2, 0) is 31.1 Å². The SMILES string of the molecule is CN(C)C(=O)c1cccc(C#CC([CH-]Cl)C[CH-]C(=O)Nc2cc(F)c(=O)n(CC(F)F)c2)c1.[Os+2]. The van der Waals surface area contributed by atoms with Crippen LogP contribution in [0.2, 0.25) is 0 Å². The van der Waals surface area contributed by atoms with Gasteiger partial charge >= 0.3 is 19.8 Å². The largest absolute Gasteiger partial charge is 2.00 e. The second-order valence-corrected chi connectivity index (χ2v) is 7.39. The van der Waals surface area contributed by atoms with Gasteiger partial charge in [0.1, 0.15) is 0 Å². The van der Waals surface area contributed by atoms with Gasteiger partial charge in [0.25, 0.3) is 17.9 Å². The van der Waals surface area contributed by atoms with Crippen molar-refractivity contribution in [1.82, 2.24) is 9.47 Å². The molecule has 6 nitrogen and oxygen atoms in total. The molecule has 1 atom stereocenters. The molecule has 34 heavy (non-hydrogen) atoms. The van der Waals surface area contributed by atoms with Crippen molar-refractivity contribution in [3.63, 3.8) is 0 Å². The smallest absolute Gasteiger partial charge is 0.350 e. The Balaban J connectivity index is 0.00000578. The van der Waals surface area contributed by atoms with Crippen LogP contribution in [0.1, 0.15) is 22.3 Å². The summed E-state index contributed by atoms with van der Waals surface area (Å²) in [5, 5.41) is 2.32. The number of benzene rings is 1. The van der Waals surface area contributed by atoms with Crippen LogP contribution in [0.25, 0.3) is 0 Å². The number of anilines is 1. The van der Waals surface area contributed by atoms with E-state index in [1.54, 1.807) is 38.4 Å². The summed E-state index contributed by atoms with van der Waals surface area (Å²) in [5.74, 6) is 4.45. The fourth-order valence-electron chi connectivity index (χ4n) is 2.69. The number of aromatic nitrogens is 1. The predicted molar refractivity (Wildman–Crippen MR) is 119 cm³/mol. The molecule has 2 rings (SSSR count). The number of alkyl halides is 2. The van der Waals surface area contributed by atoms with Crippen LogP contribution in [0.15, 0.2) is 41.3 Å². The fraction of sp³-hybridized carbons (Fsp3) is 0.261. The number of amides is 2. The van der Waals surface area contributed by atoms with Crippen molar-refractivity contribution < 1.29 is 42.6 Å². The van der Waals surface area contributed by atoms with Crippen molar-refractivity contribution in [2.45, 2.75) is 19.4 Å². The molecule has 0 aliphatic rings. The summed E-state index contributed by atoms with van der Waals surface area (Å²) in [4.78, 5) is 37.2. The minimum Gasteiger partial charge on any atom is -0.350 e. The quantitative estimate of drug-likeness (QED) is 0.346. The Morgan fingerprint density at radius 1 is 1.26 bits per heavy atom. The molecule has 1 aromatic carbocycles. The molecule has 1 heterocycles. The van der Waals surface area contributed by atoms with E-state index in [1.165, 1.54) is 17.2 Å².